The molecule has 0 saturated heterocycles. The average Bonchev–Trinajstić information content (AvgIpc) is 3.32. The summed E-state index contributed by atoms with van der Waals surface area (Å²) in [5.41, 5.74) is 7.73. The summed E-state index contributed by atoms with van der Waals surface area (Å²) in [5, 5.41) is 1.05. The van der Waals surface area contributed by atoms with E-state index in [1.54, 1.807) is 0 Å². The minimum absolute atomic E-state index is 0.450. The summed E-state index contributed by atoms with van der Waals surface area (Å²) in [6.45, 7) is 2.09. The number of para-hydroxylation sites is 1. The maximum atomic E-state index is 6.03. The van der Waals surface area contributed by atoms with Crippen molar-refractivity contribution in [2.24, 2.45) is 5.73 Å². The summed E-state index contributed by atoms with van der Waals surface area (Å²) in [6, 6.07) is 8.80. The van der Waals surface area contributed by atoms with Crippen LogP contribution in [0.3, 0.4) is 0 Å². The first kappa shape index (κ1) is 13.3. The van der Waals surface area contributed by atoms with Crippen molar-refractivity contribution in [1.82, 2.24) is 9.88 Å². The van der Waals surface area contributed by atoms with Gasteiger partial charge in [-0.1, -0.05) is 12.1 Å². The molecule has 4 heteroatoms. The molecule has 1 aromatic carbocycles. The SMILES string of the molecule is CN(CCOc1c(CN)cnc2ccccc12)C1CC1. The quantitative estimate of drug-likeness (QED) is 0.875. The van der Waals surface area contributed by atoms with Crippen LogP contribution in [-0.4, -0.2) is 36.1 Å². The molecule has 1 saturated carbocycles. The molecule has 1 heterocycles. The van der Waals surface area contributed by atoms with E-state index in [1.807, 2.05) is 30.5 Å². The van der Waals surface area contributed by atoms with E-state index in [0.717, 1.165) is 34.8 Å². The highest BCUT2D eigenvalue weighted by Crippen LogP contribution is 2.28. The molecule has 0 amide bonds. The maximum Gasteiger partial charge on any atom is 0.134 e. The van der Waals surface area contributed by atoms with E-state index in [4.69, 9.17) is 10.5 Å². The molecule has 2 aromatic rings. The molecule has 0 unspecified atom stereocenters. The second kappa shape index (κ2) is 5.77. The van der Waals surface area contributed by atoms with Gasteiger partial charge in [-0.3, -0.25) is 4.98 Å². The lowest BCUT2D eigenvalue weighted by molar-refractivity contribution is 0.232. The molecule has 1 aliphatic carbocycles. The van der Waals surface area contributed by atoms with Crippen molar-refractivity contribution < 1.29 is 4.74 Å². The molecule has 0 aliphatic heterocycles. The van der Waals surface area contributed by atoms with Crippen LogP contribution >= 0.6 is 0 Å². The first-order chi connectivity index (χ1) is 9.79. The Morgan fingerprint density at radius 1 is 1.35 bits per heavy atom. The molecule has 1 aliphatic rings. The van der Waals surface area contributed by atoms with E-state index in [-0.39, 0.29) is 0 Å². The highest BCUT2D eigenvalue weighted by Gasteiger charge is 2.25. The van der Waals surface area contributed by atoms with Gasteiger partial charge in [-0.05, 0) is 32.0 Å². The summed E-state index contributed by atoms with van der Waals surface area (Å²) in [4.78, 5) is 6.79. The fraction of sp³-hybridized carbons (Fsp3) is 0.438. The van der Waals surface area contributed by atoms with Crippen LogP contribution in [0.2, 0.25) is 0 Å². The van der Waals surface area contributed by atoms with Crippen LogP contribution in [0.4, 0.5) is 0 Å². The third-order valence-electron chi connectivity index (χ3n) is 3.88. The Morgan fingerprint density at radius 3 is 2.90 bits per heavy atom. The fourth-order valence-electron chi connectivity index (χ4n) is 2.46. The van der Waals surface area contributed by atoms with E-state index >= 15 is 0 Å². The molecule has 1 fully saturated rings. The Hall–Kier alpha value is -1.65. The number of hydrogen-bond donors (Lipinski definition) is 1. The van der Waals surface area contributed by atoms with Crippen LogP contribution in [0.1, 0.15) is 18.4 Å². The van der Waals surface area contributed by atoms with Crippen LogP contribution in [0.25, 0.3) is 10.9 Å². The largest absolute Gasteiger partial charge is 0.491 e. The number of aromatic nitrogens is 1. The molecular formula is C16H21N3O. The highest BCUT2D eigenvalue weighted by atomic mass is 16.5. The minimum atomic E-state index is 0.450. The monoisotopic (exact) mass is 271 g/mol. The smallest absolute Gasteiger partial charge is 0.134 e. The van der Waals surface area contributed by atoms with Gasteiger partial charge in [-0.25, -0.2) is 0 Å². The zero-order valence-electron chi connectivity index (χ0n) is 11.9. The molecule has 3 rings (SSSR count). The molecular weight excluding hydrogens is 250 g/mol. The number of fused-ring (bicyclic) bond motifs is 1. The molecule has 2 N–H and O–H groups in total. The second-order valence-electron chi connectivity index (χ2n) is 5.39. The van der Waals surface area contributed by atoms with Gasteiger partial charge in [0, 0.05) is 36.3 Å². The van der Waals surface area contributed by atoms with Crippen molar-refractivity contribution in [3.63, 3.8) is 0 Å². The van der Waals surface area contributed by atoms with Crippen molar-refractivity contribution in [1.29, 1.82) is 0 Å². The van der Waals surface area contributed by atoms with E-state index < -0.39 is 0 Å². The number of rotatable bonds is 6. The van der Waals surface area contributed by atoms with Gasteiger partial charge < -0.3 is 15.4 Å². The number of ether oxygens (including phenoxy) is 1. The number of nitrogens with zero attached hydrogens (tertiary/aromatic N) is 2. The van der Waals surface area contributed by atoms with Crippen molar-refractivity contribution in [3.8, 4) is 5.75 Å². The number of pyridine rings is 1. The van der Waals surface area contributed by atoms with Crippen molar-refractivity contribution in [2.75, 3.05) is 20.2 Å². The summed E-state index contributed by atoms with van der Waals surface area (Å²) in [6.07, 6.45) is 4.47. The Labute approximate surface area is 119 Å². The van der Waals surface area contributed by atoms with Gasteiger partial charge in [-0.2, -0.15) is 0 Å². The fourth-order valence-corrected chi connectivity index (χ4v) is 2.46. The van der Waals surface area contributed by atoms with Crippen LogP contribution in [0.5, 0.6) is 5.75 Å². The summed E-state index contributed by atoms with van der Waals surface area (Å²) >= 11 is 0. The number of likely N-dealkylation sites (N-methyl/N-ethyl adjacent to an activating group) is 1. The van der Waals surface area contributed by atoms with Crippen LogP contribution < -0.4 is 10.5 Å². The zero-order chi connectivity index (χ0) is 13.9. The van der Waals surface area contributed by atoms with Gasteiger partial charge in [0.2, 0.25) is 0 Å². The topological polar surface area (TPSA) is 51.4 Å². The second-order valence-corrected chi connectivity index (χ2v) is 5.39. The molecule has 1 aromatic heterocycles. The lowest BCUT2D eigenvalue weighted by Gasteiger charge is -2.18. The Bertz CT molecular complexity index is 595. The Balaban J connectivity index is 1.77. The summed E-state index contributed by atoms with van der Waals surface area (Å²) in [7, 11) is 2.16. The standard InChI is InChI=1S/C16H21N3O/c1-19(13-6-7-13)8-9-20-16-12(10-17)11-18-15-5-3-2-4-14(15)16/h2-5,11,13H,6-10,17H2,1H3. The normalized spacial score (nSPS) is 14.9. The third kappa shape index (κ3) is 2.76. The molecule has 20 heavy (non-hydrogen) atoms. The number of hydrogen-bond acceptors (Lipinski definition) is 4. The maximum absolute atomic E-state index is 6.03. The van der Waals surface area contributed by atoms with Crippen molar-refractivity contribution in [3.05, 3.63) is 36.0 Å². The van der Waals surface area contributed by atoms with E-state index in [9.17, 15) is 0 Å². The van der Waals surface area contributed by atoms with Crippen molar-refractivity contribution in [2.45, 2.75) is 25.4 Å². The Kier molecular flexibility index (Phi) is 3.85. The van der Waals surface area contributed by atoms with Crippen LogP contribution in [0.15, 0.2) is 30.5 Å². The number of benzene rings is 1. The number of nitrogens with two attached hydrogens (primary N) is 1. The van der Waals surface area contributed by atoms with Crippen LogP contribution in [0, 0.1) is 0 Å². The van der Waals surface area contributed by atoms with Gasteiger partial charge >= 0.3 is 0 Å². The van der Waals surface area contributed by atoms with E-state index in [0.29, 0.717) is 13.2 Å². The van der Waals surface area contributed by atoms with E-state index in [1.165, 1.54) is 12.8 Å². The van der Waals surface area contributed by atoms with Gasteiger partial charge in [0.15, 0.2) is 0 Å². The summed E-state index contributed by atoms with van der Waals surface area (Å²) in [5.74, 6) is 0.891. The average molecular weight is 271 g/mol. The molecule has 0 atom stereocenters. The third-order valence-corrected chi connectivity index (χ3v) is 3.88. The summed E-state index contributed by atoms with van der Waals surface area (Å²) < 4.78 is 6.03. The molecule has 0 spiro atoms. The van der Waals surface area contributed by atoms with Gasteiger partial charge in [0.25, 0.3) is 0 Å². The first-order valence-corrected chi connectivity index (χ1v) is 7.19. The minimum Gasteiger partial charge on any atom is -0.491 e. The zero-order valence-corrected chi connectivity index (χ0v) is 11.9. The lowest BCUT2D eigenvalue weighted by Crippen LogP contribution is -2.26. The van der Waals surface area contributed by atoms with Gasteiger partial charge in [-0.15, -0.1) is 0 Å². The predicted octanol–water partition coefficient (Wildman–Crippen LogP) is 2.17. The van der Waals surface area contributed by atoms with Gasteiger partial charge in [0.05, 0.1) is 5.52 Å². The van der Waals surface area contributed by atoms with Crippen molar-refractivity contribution >= 4 is 10.9 Å². The van der Waals surface area contributed by atoms with Crippen LogP contribution in [-0.2, 0) is 6.54 Å². The molecule has 0 bridgehead atoms. The molecule has 0 radical (unpaired) electrons. The molecule has 106 valence electrons. The van der Waals surface area contributed by atoms with Gasteiger partial charge in [0.1, 0.15) is 12.4 Å². The molecule has 4 nitrogen and oxygen atoms in total. The Morgan fingerprint density at radius 2 is 2.15 bits per heavy atom. The first-order valence-electron chi connectivity index (χ1n) is 7.19. The highest BCUT2D eigenvalue weighted by molar-refractivity contribution is 5.86. The van der Waals surface area contributed by atoms with E-state index in [2.05, 4.69) is 16.9 Å². The predicted molar refractivity (Wildman–Crippen MR) is 80.8 cm³/mol. The lowest BCUT2D eigenvalue weighted by atomic mass is 10.1.